The van der Waals surface area contributed by atoms with Gasteiger partial charge in [-0.3, -0.25) is 0 Å². The molecule has 2 aromatic heterocycles. The van der Waals surface area contributed by atoms with Crippen LogP contribution in [0.1, 0.15) is 0 Å². The molecule has 45 heavy (non-hydrogen) atoms. The van der Waals surface area contributed by atoms with E-state index in [0.29, 0.717) is 17.5 Å². The van der Waals surface area contributed by atoms with Crippen molar-refractivity contribution >= 4 is 53.1 Å². The maximum absolute atomic E-state index is 5.03. The lowest BCUT2D eigenvalue weighted by Crippen LogP contribution is -2.01. The third kappa shape index (κ3) is 4.38. The summed E-state index contributed by atoms with van der Waals surface area (Å²) in [6.45, 7) is 0. The fraction of sp³-hybridized carbons (Fsp3) is 0. The van der Waals surface area contributed by atoms with E-state index in [0.717, 1.165) is 27.8 Å². The van der Waals surface area contributed by atoms with Gasteiger partial charge in [0.05, 0.1) is 0 Å². The summed E-state index contributed by atoms with van der Waals surface area (Å²) in [7, 11) is 0. The van der Waals surface area contributed by atoms with Gasteiger partial charge in [0, 0.05) is 42.2 Å². The zero-order valence-corrected chi connectivity index (χ0v) is 25.0. The van der Waals surface area contributed by atoms with Crippen molar-refractivity contribution in [2.75, 3.05) is 0 Å². The molecule has 0 atom stereocenters. The van der Waals surface area contributed by atoms with Crippen LogP contribution in [0.4, 0.5) is 0 Å². The number of hydrogen-bond donors (Lipinski definition) is 0. The Bertz CT molecular complexity index is 2480. The first-order valence-corrected chi connectivity index (χ1v) is 15.9. The van der Waals surface area contributed by atoms with Crippen LogP contribution in [-0.2, 0) is 0 Å². The molecule has 0 aliphatic rings. The first kappa shape index (κ1) is 25.8. The summed E-state index contributed by atoms with van der Waals surface area (Å²) < 4.78 is 2.62. The highest BCUT2D eigenvalue weighted by Gasteiger charge is 2.17. The first-order valence-electron chi connectivity index (χ1n) is 15.0. The summed E-state index contributed by atoms with van der Waals surface area (Å²) in [4.78, 5) is 15.0. The Labute approximate surface area is 264 Å². The minimum Gasteiger partial charge on any atom is -0.208 e. The molecule has 0 aliphatic carbocycles. The molecule has 2 heterocycles. The van der Waals surface area contributed by atoms with E-state index in [1.165, 1.54) is 41.7 Å². The molecule has 0 radical (unpaired) electrons. The smallest absolute Gasteiger partial charge is 0.164 e. The summed E-state index contributed by atoms with van der Waals surface area (Å²) in [5.74, 6) is 1.98. The molecule has 4 heteroatoms. The Morgan fingerprint density at radius 3 is 1.73 bits per heavy atom. The van der Waals surface area contributed by atoms with Gasteiger partial charge in [0.15, 0.2) is 17.5 Å². The second kappa shape index (κ2) is 10.5. The third-order valence-corrected chi connectivity index (χ3v) is 9.73. The zero-order chi connectivity index (χ0) is 29.7. The van der Waals surface area contributed by atoms with Crippen LogP contribution in [0.25, 0.3) is 87.0 Å². The minimum atomic E-state index is 0.658. The van der Waals surface area contributed by atoms with Crippen LogP contribution in [-0.4, -0.2) is 15.0 Å². The van der Waals surface area contributed by atoms with Gasteiger partial charge >= 0.3 is 0 Å². The average molecular weight is 592 g/mol. The molecule has 0 saturated carbocycles. The molecule has 210 valence electrons. The van der Waals surface area contributed by atoms with Gasteiger partial charge in [0.25, 0.3) is 0 Å². The number of hydrogen-bond acceptors (Lipinski definition) is 4. The highest BCUT2D eigenvalue weighted by molar-refractivity contribution is 7.26. The topological polar surface area (TPSA) is 38.7 Å². The van der Waals surface area contributed by atoms with E-state index in [-0.39, 0.29) is 0 Å². The molecular weight excluding hydrogens is 567 g/mol. The second-order valence-electron chi connectivity index (χ2n) is 11.2. The van der Waals surface area contributed by atoms with Gasteiger partial charge in [-0.1, -0.05) is 140 Å². The van der Waals surface area contributed by atoms with Crippen molar-refractivity contribution in [3.63, 3.8) is 0 Å². The number of aromatic nitrogens is 3. The van der Waals surface area contributed by atoms with Crippen LogP contribution < -0.4 is 0 Å². The van der Waals surface area contributed by atoms with Crippen LogP contribution in [0.3, 0.4) is 0 Å². The van der Waals surface area contributed by atoms with E-state index in [1.807, 2.05) is 72.0 Å². The summed E-state index contributed by atoms with van der Waals surface area (Å²) in [6.07, 6.45) is 0. The highest BCUT2D eigenvalue weighted by Crippen LogP contribution is 2.43. The second-order valence-corrected chi connectivity index (χ2v) is 12.3. The van der Waals surface area contributed by atoms with E-state index in [4.69, 9.17) is 15.0 Å². The van der Waals surface area contributed by atoms with Crippen molar-refractivity contribution < 1.29 is 0 Å². The molecule has 0 unspecified atom stereocenters. The van der Waals surface area contributed by atoms with Crippen LogP contribution in [0.5, 0.6) is 0 Å². The van der Waals surface area contributed by atoms with Crippen molar-refractivity contribution in [1.29, 1.82) is 0 Å². The largest absolute Gasteiger partial charge is 0.208 e. The Morgan fingerprint density at radius 2 is 0.978 bits per heavy atom. The molecule has 0 N–H and O–H groups in total. The predicted molar refractivity (Wildman–Crippen MR) is 189 cm³/mol. The molecule has 7 aromatic carbocycles. The quantitative estimate of drug-likeness (QED) is 0.191. The predicted octanol–water partition coefficient (Wildman–Crippen LogP) is 11.2. The fourth-order valence-electron chi connectivity index (χ4n) is 6.35. The molecule has 0 spiro atoms. The van der Waals surface area contributed by atoms with E-state index >= 15 is 0 Å². The Hall–Kier alpha value is -5.71. The van der Waals surface area contributed by atoms with Gasteiger partial charge < -0.3 is 0 Å². The van der Waals surface area contributed by atoms with Gasteiger partial charge in [-0.2, -0.15) is 0 Å². The lowest BCUT2D eigenvalue weighted by atomic mass is 9.96. The van der Waals surface area contributed by atoms with E-state index in [2.05, 4.69) is 91.0 Å². The molecule has 0 saturated heterocycles. The Morgan fingerprint density at radius 1 is 0.378 bits per heavy atom. The average Bonchev–Trinajstić information content (AvgIpc) is 3.50. The van der Waals surface area contributed by atoms with Crippen molar-refractivity contribution in [1.82, 2.24) is 15.0 Å². The summed E-state index contributed by atoms with van der Waals surface area (Å²) >= 11 is 1.88. The molecule has 0 aliphatic heterocycles. The van der Waals surface area contributed by atoms with Crippen LogP contribution >= 0.6 is 11.3 Å². The van der Waals surface area contributed by atoms with Crippen molar-refractivity contribution in [3.8, 4) is 45.3 Å². The van der Waals surface area contributed by atoms with Crippen molar-refractivity contribution in [2.45, 2.75) is 0 Å². The molecule has 0 fully saturated rings. The third-order valence-electron chi connectivity index (χ3n) is 8.52. The number of nitrogens with zero attached hydrogens (tertiary/aromatic N) is 3. The van der Waals surface area contributed by atoms with Crippen molar-refractivity contribution in [3.05, 3.63) is 152 Å². The zero-order valence-electron chi connectivity index (χ0n) is 24.2. The van der Waals surface area contributed by atoms with E-state index in [1.54, 1.807) is 0 Å². The fourth-order valence-corrected chi connectivity index (χ4v) is 7.60. The monoisotopic (exact) mass is 591 g/mol. The van der Waals surface area contributed by atoms with Gasteiger partial charge in [0.2, 0.25) is 0 Å². The number of fused-ring (bicyclic) bond motifs is 7. The SMILES string of the molecule is c1ccc(-c2nc(-c3ccccc3)nc(-c3ccccc3-c3ccc4sc5c(ccc6ccc7ccccc7c65)c4c3)n2)cc1. The molecule has 9 rings (SSSR count). The molecule has 0 amide bonds. The number of benzene rings is 7. The van der Waals surface area contributed by atoms with Crippen LogP contribution in [0.15, 0.2) is 152 Å². The summed E-state index contributed by atoms with van der Waals surface area (Å²) in [5.41, 5.74) is 5.13. The summed E-state index contributed by atoms with van der Waals surface area (Å²) in [6, 6.07) is 53.2. The molecule has 3 nitrogen and oxygen atoms in total. The maximum atomic E-state index is 5.03. The lowest BCUT2D eigenvalue weighted by molar-refractivity contribution is 1.07. The minimum absolute atomic E-state index is 0.658. The van der Waals surface area contributed by atoms with Crippen LogP contribution in [0, 0.1) is 0 Å². The van der Waals surface area contributed by atoms with Gasteiger partial charge in [-0.05, 0) is 39.4 Å². The van der Waals surface area contributed by atoms with Crippen LogP contribution in [0.2, 0.25) is 0 Å². The van der Waals surface area contributed by atoms with E-state index in [9.17, 15) is 0 Å². The summed E-state index contributed by atoms with van der Waals surface area (Å²) in [5, 5.41) is 7.74. The Balaban J connectivity index is 1.25. The van der Waals surface area contributed by atoms with Gasteiger partial charge in [-0.25, -0.2) is 15.0 Å². The molecule has 9 aromatic rings. The first-order chi connectivity index (χ1) is 22.3. The molecular formula is C41H25N3S. The van der Waals surface area contributed by atoms with E-state index < -0.39 is 0 Å². The van der Waals surface area contributed by atoms with Crippen molar-refractivity contribution in [2.24, 2.45) is 0 Å². The number of thiophene rings is 1. The highest BCUT2D eigenvalue weighted by atomic mass is 32.1. The maximum Gasteiger partial charge on any atom is 0.164 e. The Kier molecular flexibility index (Phi) is 6.00. The van der Waals surface area contributed by atoms with Gasteiger partial charge in [0.1, 0.15) is 0 Å². The standard InChI is InChI=1S/C41H25N3S/c1-3-12-28(13-4-1)39-42-40(29-14-5-2-6-15-29)44-41(43-39)34-18-10-9-16-31(34)30-22-24-36-35(25-30)33-23-21-27-20-19-26-11-7-8-17-32(26)37(27)38(33)45-36/h1-25H. The normalized spacial score (nSPS) is 11.6. The number of rotatable bonds is 4. The van der Waals surface area contributed by atoms with Gasteiger partial charge in [-0.15, -0.1) is 11.3 Å². The molecule has 0 bridgehead atoms. The lowest BCUT2D eigenvalue weighted by Gasteiger charge is -2.12.